The van der Waals surface area contributed by atoms with E-state index in [0.717, 1.165) is 16.7 Å². The molecule has 0 aliphatic heterocycles. The van der Waals surface area contributed by atoms with Gasteiger partial charge in [0, 0.05) is 5.56 Å². The Morgan fingerprint density at radius 1 is 1.47 bits per heavy atom. The summed E-state index contributed by atoms with van der Waals surface area (Å²) in [4.78, 5) is 3.98. The van der Waals surface area contributed by atoms with Crippen LogP contribution in [0.15, 0.2) is 29.6 Å². The number of aromatic nitrogens is 2. The van der Waals surface area contributed by atoms with E-state index in [-0.39, 0.29) is 0 Å². The molecule has 0 atom stereocenters. The summed E-state index contributed by atoms with van der Waals surface area (Å²) in [6.45, 7) is 5.65. The molecule has 0 radical (unpaired) electrons. The average Bonchev–Trinajstić information content (AvgIpc) is 2.69. The zero-order chi connectivity index (χ0) is 10.8. The predicted molar refractivity (Wildman–Crippen MR) is 59.6 cm³/mol. The first-order chi connectivity index (χ1) is 7.22. The molecule has 0 fully saturated rings. The van der Waals surface area contributed by atoms with E-state index in [1.807, 2.05) is 19.1 Å². The van der Waals surface area contributed by atoms with Crippen molar-refractivity contribution in [1.29, 1.82) is 0 Å². The molecule has 76 valence electrons. The third kappa shape index (κ3) is 1.78. The fourth-order valence-corrected chi connectivity index (χ4v) is 1.81. The van der Waals surface area contributed by atoms with Crippen LogP contribution in [-0.2, 0) is 0 Å². The number of halogens is 1. The maximum atomic E-state index is 6.14. The SMILES string of the molecule is C=Cc1cc(C)c(-c2ncon2)c(Cl)c1. The highest BCUT2D eigenvalue weighted by Gasteiger charge is 2.11. The van der Waals surface area contributed by atoms with Crippen LogP contribution in [0.25, 0.3) is 17.5 Å². The summed E-state index contributed by atoms with van der Waals surface area (Å²) in [6.07, 6.45) is 3.03. The normalized spacial score (nSPS) is 10.3. The van der Waals surface area contributed by atoms with Gasteiger partial charge in [-0.3, -0.25) is 0 Å². The number of aryl methyl sites for hydroxylation is 1. The van der Waals surface area contributed by atoms with Crippen LogP contribution in [-0.4, -0.2) is 10.1 Å². The zero-order valence-electron chi connectivity index (χ0n) is 8.20. The fourth-order valence-electron chi connectivity index (χ4n) is 1.45. The van der Waals surface area contributed by atoms with Gasteiger partial charge in [0.15, 0.2) is 0 Å². The first-order valence-corrected chi connectivity index (χ1v) is 4.79. The van der Waals surface area contributed by atoms with E-state index in [0.29, 0.717) is 10.8 Å². The quantitative estimate of drug-likeness (QED) is 0.779. The van der Waals surface area contributed by atoms with Crippen molar-refractivity contribution in [2.45, 2.75) is 6.92 Å². The highest BCUT2D eigenvalue weighted by atomic mass is 35.5. The Morgan fingerprint density at radius 3 is 2.80 bits per heavy atom. The largest absolute Gasteiger partial charge is 0.342 e. The monoisotopic (exact) mass is 220 g/mol. The molecule has 3 nitrogen and oxygen atoms in total. The second-order valence-corrected chi connectivity index (χ2v) is 3.56. The first-order valence-electron chi connectivity index (χ1n) is 4.41. The van der Waals surface area contributed by atoms with E-state index in [2.05, 4.69) is 16.7 Å². The molecule has 2 aromatic rings. The van der Waals surface area contributed by atoms with Crippen LogP contribution in [0.4, 0.5) is 0 Å². The van der Waals surface area contributed by atoms with Gasteiger partial charge in [-0.25, -0.2) is 0 Å². The van der Waals surface area contributed by atoms with Gasteiger partial charge in [-0.1, -0.05) is 35.5 Å². The summed E-state index contributed by atoms with van der Waals surface area (Å²) < 4.78 is 4.70. The number of hydrogen-bond donors (Lipinski definition) is 0. The Morgan fingerprint density at radius 2 is 2.27 bits per heavy atom. The van der Waals surface area contributed by atoms with Gasteiger partial charge in [-0.05, 0) is 24.1 Å². The van der Waals surface area contributed by atoms with Crippen molar-refractivity contribution in [3.8, 4) is 11.4 Å². The van der Waals surface area contributed by atoms with Crippen molar-refractivity contribution in [3.63, 3.8) is 0 Å². The van der Waals surface area contributed by atoms with Crippen LogP contribution in [0.1, 0.15) is 11.1 Å². The summed E-state index contributed by atoms with van der Waals surface area (Å²) in [7, 11) is 0. The summed E-state index contributed by atoms with van der Waals surface area (Å²) in [5.41, 5.74) is 2.78. The van der Waals surface area contributed by atoms with E-state index in [4.69, 9.17) is 16.1 Å². The van der Waals surface area contributed by atoms with Crippen LogP contribution in [0, 0.1) is 6.92 Å². The molecule has 2 rings (SSSR count). The van der Waals surface area contributed by atoms with Gasteiger partial charge in [0.1, 0.15) is 0 Å². The van der Waals surface area contributed by atoms with Gasteiger partial charge < -0.3 is 4.52 Å². The van der Waals surface area contributed by atoms with Crippen molar-refractivity contribution in [3.05, 3.63) is 41.3 Å². The number of benzene rings is 1. The van der Waals surface area contributed by atoms with Crippen molar-refractivity contribution in [2.75, 3.05) is 0 Å². The third-order valence-electron chi connectivity index (χ3n) is 2.13. The molecule has 0 saturated heterocycles. The van der Waals surface area contributed by atoms with Crippen LogP contribution >= 0.6 is 11.6 Å². The van der Waals surface area contributed by atoms with Gasteiger partial charge >= 0.3 is 0 Å². The van der Waals surface area contributed by atoms with Gasteiger partial charge in [0.25, 0.3) is 0 Å². The molecule has 4 heteroatoms. The topological polar surface area (TPSA) is 38.9 Å². The van der Waals surface area contributed by atoms with Crippen LogP contribution in [0.2, 0.25) is 5.02 Å². The minimum Gasteiger partial charge on any atom is -0.342 e. The lowest BCUT2D eigenvalue weighted by Gasteiger charge is -2.05. The summed E-state index contributed by atoms with van der Waals surface area (Å²) in [6, 6.07) is 3.80. The van der Waals surface area contributed by atoms with E-state index in [1.165, 1.54) is 6.39 Å². The smallest absolute Gasteiger partial charge is 0.214 e. The van der Waals surface area contributed by atoms with Gasteiger partial charge in [0.05, 0.1) is 5.02 Å². The number of nitrogens with zero attached hydrogens (tertiary/aromatic N) is 2. The molecule has 0 saturated carbocycles. The van der Waals surface area contributed by atoms with Gasteiger partial charge in [0.2, 0.25) is 12.2 Å². The molecule has 0 unspecified atom stereocenters. The molecular formula is C11H9ClN2O. The predicted octanol–water partition coefficient (Wildman–Crippen LogP) is 3.34. The van der Waals surface area contributed by atoms with E-state index in [1.54, 1.807) is 6.08 Å². The lowest BCUT2D eigenvalue weighted by Crippen LogP contribution is -1.88. The lowest BCUT2D eigenvalue weighted by atomic mass is 10.0. The van der Waals surface area contributed by atoms with E-state index >= 15 is 0 Å². The van der Waals surface area contributed by atoms with Gasteiger partial charge in [-0.15, -0.1) is 0 Å². The highest BCUT2D eigenvalue weighted by Crippen LogP contribution is 2.30. The highest BCUT2D eigenvalue weighted by molar-refractivity contribution is 6.33. The molecule has 0 aliphatic rings. The minimum absolute atomic E-state index is 0.508. The molecule has 0 amide bonds. The van der Waals surface area contributed by atoms with Gasteiger partial charge in [-0.2, -0.15) is 4.98 Å². The first kappa shape index (κ1) is 9.93. The fraction of sp³-hybridized carbons (Fsp3) is 0.0909. The molecule has 1 aromatic heterocycles. The lowest BCUT2D eigenvalue weighted by molar-refractivity contribution is 0.418. The Labute approximate surface area is 92.4 Å². The van der Waals surface area contributed by atoms with Crippen molar-refractivity contribution in [2.24, 2.45) is 0 Å². The summed E-state index contributed by atoms with van der Waals surface area (Å²) in [5, 5.41) is 4.37. The standard InChI is InChI=1S/C11H9ClN2O/c1-3-8-4-7(2)10(9(12)5-8)11-13-6-15-14-11/h3-6H,1H2,2H3. The molecule has 0 N–H and O–H groups in total. The van der Waals surface area contributed by atoms with E-state index in [9.17, 15) is 0 Å². The van der Waals surface area contributed by atoms with E-state index < -0.39 is 0 Å². The second-order valence-electron chi connectivity index (χ2n) is 3.15. The molecule has 1 heterocycles. The second kappa shape index (κ2) is 3.87. The average molecular weight is 221 g/mol. The summed E-state index contributed by atoms with van der Waals surface area (Å²) in [5.74, 6) is 0.508. The molecule has 1 aromatic carbocycles. The number of rotatable bonds is 2. The minimum atomic E-state index is 0.508. The molecule has 0 spiro atoms. The van der Waals surface area contributed by atoms with Crippen molar-refractivity contribution >= 4 is 17.7 Å². The summed E-state index contributed by atoms with van der Waals surface area (Å²) >= 11 is 6.14. The third-order valence-corrected chi connectivity index (χ3v) is 2.43. The van der Waals surface area contributed by atoms with Crippen molar-refractivity contribution in [1.82, 2.24) is 10.1 Å². The van der Waals surface area contributed by atoms with Crippen LogP contribution < -0.4 is 0 Å². The zero-order valence-corrected chi connectivity index (χ0v) is 8.95. The Kier molecular flexibility index (Phi) is 2.56. The maximum Gasteiger partial charge on any atom is 0.214 e. The van der Waals surface area contributed by atoms with Crippen LogP contribution in [0.3, 0.4) is 0 Å². The molecular weight excluding hydrogens is 212 g/mol. The Balaban J connectivity index is 2.63. The van der Waals surface area contributed by atoms with Crippen molar-refractivity contribution < 1.29 is 4.52 Å². The molecule has 0 aliphatic carbocycles. The molecule has 0 bridgehead atoms. The molecule has 15 heavy (non-hydrogen) atoms. The Bertz CT molecular complexity index is 468. The maximum absolute atomic E-state index is 6.14. The number of hydrogen-bond acceptors (Lipinski definition) is 3. The Hall–Kier alpha value is -1.61. The van der Waals surface area contributed by atoms with Crippen LogP contribution in [0.5, 0.6) is 0 Å².